The molecule has 1 aromatic rings. The summed E-state index contributed by atoms with van der Waals surface area (Å²) in [5, 5.41) is 3.11. The lowest BCUT2D eigenvalue weighted by molar-refractivity contribution is -0.123. The third-order valence-electron chi connectivity index (χ3n) is 4.17. The van der Waals surface area contributed by atoms with Gasteiger partial charge in [-0.15, -0.1) is 0 Å². The predicted octanol–water partition coefficient (Wildman–Crippen LogP) is 2.94. The van der Waals surface area contributed by atoms with Crippen LogP contribution in [0, 0.1) is 0 Å². The van der Waals surface area contributed by atoms with E-state index in [1.165, 1.54) is 0 Å². The van der Waals surface area contributed by atoms with Gasteiger partial charge in [0.15, 0.2) is 0 Å². The largest absolute Gasteiger partial charge is 0.354 e. The third kappa shape index (κ3) is 3.41. The molecule has 0 heterocycles. The highest BCUT2D eigenvalue weighted by molar-refractivity contribution is 9.10. The molecule has 110 valence electrons. The molecule has 0 bridgehead atoms. The van der Waals surface area contributed by atoms with Gasteiger partial charge in [0.25, 0.3) is 0 Å². The zero-order valence-electron chi connectivity index (χ0n) is 12.3. The summed E-state index contributed by atoms with van der Waals surface area (Å²) in [5.74, 6) is 0.183. The molecule has 1 aromatic carbocycles. The molecule has 1 saturated carbocycles. The lowest BCUT2D eigenvalue weighted by atomic mass is 9.95. The Morgan fingerprint density at radius 2 is 2.05 bits per heavy atom. The van der Waals surface area contributed by atoms with Crippen molar-refractivity contribution >= 4 is 21.8 Å². The Balaban J connectivity index is 1.92. The summed E-state index contributed by atoms with van der Waals surface area (Å²) in [6.45, 7) is 8.01. The highest BCUT2D eigenvalue weighted by atomic mass is 79.9. The van der Waals surface area contributed by atoms with Crippen molar-refractivity contribution in [1.29, 1.82) is 0 Å². The van der Waals surface area contributed by atoms with Crippen LogP contribution in [0.2, 0.25) is 0 Å². The van der Waals surface area contributed by atoms with Gasteiger partial charge in [0.2, 0.25) is 5.91 Å². The molecular formula is C16H23BrN2O. The molecule has 1 aliphatic carbocycles. The second-order valence-electron chi connectivity index (χ2n) is 5.38. The molecule has 0 aliphatic heterocycles. The van der Waals surface area contributed by atoms with E-state index in [2.05, 4.69) is 52.1 Å². The lowest BCUT2D eigenvalue weighted by Crippen LogP contribution is -2.39. The number of nitrogens with zero attached hydrogens (tertiary/aromatic N) is 1. The van der Waals surface area contributed by atoms with Gasteiger partial charge in [-0.1, -0.05) is 41.9 Å². The van der Waals surface area contributed by atoms with Crippen LogP contribution >= 0.6 is 15.9 Å². The minimum Gasteiger partial charge on any atom is -0.354 e. The number of hydrogen-bond donors (Lipinski definition) is 1. The topological polar surface area (TPSA) is 32.3 Å². The maximum atomic E-state index is 12.5. The van der Waals surface area contributed by atoms with Crippen LogP contribution in [-0.2, 0) is 10.2 Å². The molecule has 1 N–H and O–H groups in total. The normalized spacial score (nSPS) is 16.2. The Kier molecular flexibility index (Phi) is 5.22. The molecule has 4 heteroatoms. The van der Waals surface area contributed by atoms with Gasteiger partial charge in [0.05, 0.1) is 5.41 Å². The predicted molar refractivity (Wildman–Crippen MR) is 85.9 cm³/mol. The Morgan fingerprint density at radius 1 is 1.35 bits per heavy atom. The van der Waals surface area contributed by atoms with Crippen LogP contribution in [0.4, 0.5) is 0 Å². The second kappa shape index (κ2) is 6.72. The van der Waals surface area contributed by atoms with E-state index in [1.54, 1.807) is 0 Å². The van der Waals surface area contributed by atoms with Gasteiger partial charge in [0.1, 0.15) is 0 Å². The van der Waals surface area contributed by atoms with Crippen LogP contribution in [0.25, 0.3) is 0 Å². The van der Waals surface area contributed by atoms with E-state index in [1.807, 2.05) is 12.1 Å². The SMILES string of the molecule is CCN(CC)CCNC(=O)C1(c2cccc(Br)c2)CC1. The number of nitrogens with one attached hydrogen (secondary N) is 1. The summed E-state index contributed by atoms with van der Waals surface area (Å²) >= 11 is 3.48. The minimum atomic E-state index is -0.271. The van der Waals surface area contributed by atoms with E-state index in [4.69, 9.17) is 0 Å². The summed E-state index contributed by atoms with van der Waals surface area (Å²) in [5.41, 5.74) is 0.861. The first kappa shape index (κ1) is 15.5. The van der Waals surface area contributed by atoms with Crippen molar-refractivity contribution < 1.29 is 4.79 Å². The van der Waals surface area contributed by atoms with Gasteiger partial charge >= 0.3 is 0 Å². The molecule has 1 fully saturated rings. The first-order valence-corrected chi connectivity index (χ1v) is 8.18. The Bertz CT molecular complexity index is 467. The van der Waals surface area contributed by atoms with Crippen molar-refractivity contribution in [1.82, 2.24) is 10.2 Å². The Hall–Kier alpha value is -0.870. The number of carbonyl (C=O) groups is 1. The van der Waals surface area contributed by atoms with Crippen LogP contribution in [0.15, 0.2) is 28.7 Å². The van der Waals surface area contributed by atoms with Gasteiger partial charge in [-0.2, -0.15) is 0 Å². The fraction of sp³-hybridized carbons (Fsp3) is 0.562. The molecule has 20 heavy (non-hydrogen) atoms. The molecule has 0 saturated heterocycles. The zero-order valence-corrected chi connectivity index (χ0v) is 13.9. The van der Waals surface area contributed by atoms with E-state index in [0.717, 1.165) is 49.1 Å². The molecule has 1 amide bonds. The van der Waals surface area contributed by atoms with Crippen molar-refractivity contribution in [3.05, 3.63) is 34.3 Å². The number of rotatable bonds is 7. The van der Waals surface area contributed by atoms with Crippen molar-refractivity contribution in [2.75, 3.05) is 26.2 Å². The van der Waals surface area contributed by atoms with E-state index in [0.29, 0.717) is 0 Å². The first-order chi connectivity index (χ1) is 9.62. The summed E-state index contributed by atoms with van der Waals surface area (Å²) in [6, 6.07) is 8.12. The van der Waals surface area contributed by atoms with Gasteiger partial charge < -0.3 is 10.2 Å². The maximum absolute atomic E-state index is 12.5. The minimum absolute atomic E-state index is 0.183. The number of halogens is 1. The smallest absolute Gasteiger partial charge is 0.230 e. The van der Waals surface area contributed by atoms with Crippen LogP contribution in [0.3, 0.4) is 0 Å². The van der Waals surface area contributed by atoms with Crippen LogP contribution < -0.4 is 5.32 Å². The van der Waals surface area contributed by atoms with Crippen molar-refractivity contribution in [3.8, 4) is 0 Å². The molecule has 3 nitrogen and oxygen atoms in total. The number of hydrogen-bond acceptors (Lipinski definition) is 2. The van der Waals surface area contributed by atoms with Crippen LogP contribution in [-0.4, -0.2) is 37.0 Å². The lowest BCUT2D eigenvalue weighted by Gasteiger charge is -2.20. The summed E-state index contributed by atoms with van der Waals surface area (Å²) < 4.78 is 1.04. The Morgan fingerprint density at radius 3 is 2.60 bits per heavy atom. The molecule has 1 aliphatic rings. The summed E-state index contributed by atoms with van der Waals surface area (Å²) in [4.78, 5) is 14.8. The molecule has 0 radical (unpaired) electrons. The maximum Gasteiger partial charge on any atom is 0.230 e. The van der Waals surface area contributed by atoms with Crippen molar-refractivity contribution in [2.45, 2.75) is 32.1 Å². The number of amides is 1. The molecular weight excluding hydrogens is 316 g/mol. The molecule has 0 spiro atoms. The number of carbonyl (C=O) groups excluding carboxylic acids is 1. The van der Waals surface area contributed by atoms with E-state index in [9.17, 15) is 4.79 Å². The highest BCUT2D eigenvalue weighted by Gasteiger charge is 2.51. The summed E-state index contributed by atoms with van der Waals surface area (Å²) in [6.07, 6.45) is 1.92. The number of likely N-dealkylation sites (N-methyl/N-ethyl adjacent to an activating group) is 1. The molecule has 2 rings (SSSR count). The van der Waals surface area contributed by atoms with E-state index >= 15 is 0 Å². The molecule has 0 atom stereocenters. The van der Waals surface area contributed by atoms with E-state index < -0.39 is 0 Å². The number of benzene rings is 1. The highest BCUT2D eigenvalue weighted by Crippen LogP contribution is 2.48. The fourth-order valence-electron chi connectivity index (χ4n) is 2.59. The zero-order chi connectivity index (χ0) is 14.6. The second-order valence-corrected chi connectivity index (χ2v) is 6.29. The standard InChI is InChI=1S/C16H23BrN2O/c1-3-19(4-2)11-10-18-15(20)16(8-9-16)13-6-5-7-14(17)12-13/h5-7,12H,3-4,8-11H2,1-2H3,(H,18,20). The van der Waals surface area contributed by atoms with Crippen molar-refractivity contribution in [2.24, 2.45) is 0 Å². The fourth-order valence-corrected chi connectivity index (χ4v) is 2.99. The summed E-state index contributed by atoms with van der Waals surface area (Å²) in [7, 11) is 0. The molecule has 0 aromatic heterocycles. The van der Waals surface area contributed by atoms with Gasteiger partial charge in [0, 0.05) is 17.6 Å². The average Bonchev–Trinajstić information content (AvgIpc) is 3.25. The van der Waals surface area contributed by atoms with Gasteiger partial charge in [-0.3, -0.25) is 4.79 Å². The first-order valence-electron chi connectivity index (χ1n) is 7.39. The average molecular weight is 339 g/mol. The van der Waals surface area contributed by atoms with Gasteiger partial charge in [-0.05, 0) is 43.6 Å². The molecule has 0 unspecified atom stereocenters. The van der Waals surface area contributed by atoms with Gasteiger partial charge in [-0.25, -0.2) is 0 Å². The van der Waals surface area contributed by atoms with Crippen LogP contribution in [0.1, 0.15) is 32.3 Å². The Labute approximate surface area is 129 Å². The third-order valence-corrected chi connectivity index (χ3v) is 4.66. The van der Waals surface area contributed by atoms with Crippen LogP contribution in [0.5, 0.6) is 0 Å². The van der Waals surface area contributed by atoms with Crippen molar-refractivity contribution in [3.63, 3.8) is 0 Å². The monoisotopic (exact) mass is 338 g/mol. The van der Waals surface area contributed by atoms with E-state index in [-0.39, 0.29) is 11.3 Å². The quantitative estimate of drug-likeness (QED) is 0.828.